The number of para-hydroxylation sites is 1. The van der Waals surface area contributed by atoms with Gasteiger partial charge in [0.15, 0.2) is 5.96 Å². The molecule has 1 aromatic carbocycles. The van der Waals surface area contributed by atoms with Gasteiger partial charge in [0.2, 0.25) is 23.6 Å². The van der Waals surface area contributed by atoms with Gasteiger partial charge in [0.1, 0.15) is 18.1 Å². The van der Waals surface area contributed by atoms with Crippen molar-refractivity contribution >= 4 is 46.5 Å². The van der Waals surface area contributed by atoms with Crippen LogP contribution >= 0.6 is 0 Å². The lowest BCUT2D eigenvalue weighted by atomic mass is 10.0. The van der Waals surface area contributed by atoms with Crippen LogP contribution in [0.15, 0.2) is 35.5 Å². The molecule has 0 aliphatic heterocycles. The summed E-state index contributed by atoms with van der Waals surface area (Å²) in [6, 6.07) is 1.65. The van der Waals surface area contributed by atoms with Gasteiger partial charge in [-0.25, -0.2) is 4.79 Å². The topological polar surface area (TPSA) is 294 Å². The van der Waals surface area contributed by atoms with Crippen LogP contribution in [0.25, 0.3) is 10.9 Å². The van der Waals surface area contributed by atoms with E-state index in [0.717, 1.165) is 10.9 Å². The summed E-state index contributed by atoms with van der Waals surface area (Å²) in [5, 5.41) is 27.8. The minimum absolute atomic E-state index is 0.00425. The number of aliphatic hydroxyl groups is 1. The molecule has 0 saturated carbocycles. The molecular formula is C25H37N9O7. The molecule has 16 nitrogen and oxygen atoms in total. The van der Waals surface area contributed by atoms with Crippen LogP contribution in [0.2, 0.25) is 0 Å². The molecule has 224 valence electrons. The molecule has 4 amide bonds. The van der Waals surface area contributed by atoms with Crippen molar-refractivity contribution in [1.82, 2.24) is 20.9 Å². The Morgan fingerprint density at radius 1 is 0.976 bits per heavy atom. The Morgan fingerprint density at radius 2 is 1.63 bits per heavy atom. The molecular weight excluding hydrogens is 538 g/mol. The number of aliphatic hydroxyl groups excluding tert-OH is 1. The van der Waals surface area contributed by atoms with E-state index in [1.807, 2.05) is 12.1 Å². The zero-order chi connectivity index (χ0) is 30.7. The molecule has 2 rings (SSSR count). The minimum Gasteiger partial charge on any atom is -0.480 e. The van der Waals surface area contributed by atoms with E-state index in [4.69, 9.17) is 22.9 Å². The van der Waals surface area contributed by atoms with Crippen molar-refractivity contribution in [3.8, 4) is 0 Å². The van der Waals surface area contributed by atoms with Crippen LogP contribution in [-0.4, -0.2) is 87.6 Å². The smallest absolute Gasteiger partial charge is 0.326 e. The number of guanidine groups is 1. The number of H-pyrrole nitrogens is 1. The van der Waals surface area contributed by atoms with Crippen molar-refractivity contribution in [2.75, 3.05) is 6.54 Å². The first-order chi connectivity index (χ1) is 19.3. The number of carbonyl (C=O) groups excluding carboxylic acids is 4. The number of fused-ring (bicyclic) bond motifs is 1. The number of hydrogen-bond donors (Lipinski definition) is 10. The van der Waals surface area contributed by atoms with Crippen molar-refractivity contribution in [2.45, 2.75) is 62.9 Å². The lowest BCUT2D eigenvalue weighted by Crippen LogP contribution is -2.60. The van der Waals surface area contributed by atoms with Crippen LogP contribution in [0.5, 0.6) is 0 Å². The quantitative estimate of drug-likeness (QED) is 0.0545. The SMILES string of the molecule is CC(O)C(NC(=O)C(N)CC(N)=O)C(=O)NC(Cc1c[nH]c2ccccc12)C(=O)NC(CCCN=C(N)N)C(=O)O. The van der Waals surface area contributed by atoms with Gasteiger partial charge in [0, 0.05) is 30.1 Å². The van der Waals surface area contributed by atoms with Gasteiger partial charge >= 0.3 is 5.97 Å². The van der Waals surface area contributed by atoms with Gasteiger partial charge in [-0.15, -0.1) is 0 Å². The van der Waals surface area contributed by atoms with Gasteiger partial charge < -0.3 is 54.1 Å². The van der Waals surface area contributed by atoms with Crippen LogP contribution in [0.3, 0.4) is 0 Å². The number of nitrogens with one attached hydrogen (secondary N) is 4. The maximum absolute atomic E-state index is 13.4. The van der Waals surface area contributed by atoms with E-state index < -0.39 is 66.3 Å². The van der Waals surface area contributed by atoms with E-state index in [0.29, 0.717) is 5.56 Å². The highest BCUT2D eigenvalue weighted by Gasteiger charge is 2.33. The fourth-order valence-electron chi connectivity index (χ4n) is 4.00. The van der Waals surface area contributed by atoms with Crippen molar-refractivity contribution in [2.24, 2.45) is 27.9 Å². The van der Waals surface area contributed by atoms with Crippen LogP contribution in [0, 0.1) is 0 Å². The second-order valence-electron chi connectivity index (χ2n) is 9.48. The molecule has 0 aliphatic carbocycles. The average Bonchev–Trinajstić information content (AvgIpc) is 3.30. The highest BCUT2D eigenvalue weighted by molar-refractivity contribution is 5.96. The monoisotopic (exact) mass is 575 g/mol. The van der Waals surface area contributed by atoms with Crippen molar-refractivity contribution in [1.29, 1.82) is 0 Å². The second-order valence-corrected chi connectivity index (χ2v) is 9.48. The number of rotatable bonds is 16. The zero-order valence-corrected chi connectivity index (χ0v) is 22.5. The first-order valence-corrected chi connectivity index (χ1v) is 12.8. The minimum atomic E-state index is -1.56. The fraction of sp³-hybridized carbons (Fsp3) is 0.440. The summed E-state index contributed by atoms with van der Waals surface area (Å²) in [5.41, 5.74) is 22.7. The Kier molecular flexibility index (Phi) is 12.0. The molecule has 5 atom stereocenters. The Morgan fingerprint density at radius 3 is 2.24 bits per heavy atom. The highest BCUT2D eigenvalue weighted by atomic mass is 16.4. The Hall–Kier alpha value is -4.70. The predicted octanol–water partition coefficient (Wildman–Crippen LogP) is -3.11. The van der Waals surface area contributed by atoms with E-state index >= 15 is 0 Å². The molecule has 16 heteroatoms. The van der Waals surface area contributed by atoms with Crippen LogP contribution in [-0.2, 0) is 30.4 Å². The first kappa shape index (κ1) is 32.5. The maximum Gasteiger partial charge on any atom is 0.326 e. The summed E-state index contributed by atoms with van der Waals surface area (Å²) < 4.78 is 0. The van der Waals surface area contributed by atoms with Gasteiger partial charge in [-0.2, -0.15) is 0 Å². The van der Waals surface area contributed by atoms with Gasteiger partial charge in [-0.1, -0.05) is 18.2 Å². The van der Waals surface area contributed by atoms with Crippen LogP contribution in [0.1, 0.15) is 31.7 Å². The molecule has 5 unspecified atom stereocenters. The van der Waals surface area contributed by atoms with Gasteiger partial charge in [0.05, 0.1) is 18.6 Å². The summed E-state index contributed by atoms with van der Waals surface area (Å²) in [5.74, 6) is -4.99. The lowest BCUT2D eigenvalue weighted by Gasteiger charge is -2.26. The molecule has 14 N–H and O–H groups in total. The first-order valence-electron chi connectivity index (χ1n) is 12.8. The lowest BCUT2D eigenvalue weighted by molar-refractivity contribution is -0.142. The number of benzene rings is 1. The molecule has 0 bridgehead atoms. The maximum atomic E-state index is 13.4. The van der Waals surface area contributed by atoms with E-state index in [1.54, 1.807) is 18.3 Å². The van der Waals surface area contributed by atoms with Crippen LogP contribution < -0.4 is 38.9 Å². The number of aromatic nitrogens is 1. The third-order valence-electron chi connectivity index (χ3n) is 6.11. The summed E-state index contributed by atoms with van der Waals surface area (Å²) in [6.45, 7) is 1.38. The van der Waals surface area contributed by atoms with Crippen molar-refractivity contribution < 1.29 is 34.2 Å². The van der Waals surface area contributed by atoms with E-state index in [2.05, 4.69) is 25.9 Å². The number of amides is 4. The summed E-state index contributed by atoms with van der Waals surface area (Å²) in [7, 11) is 0. The summed E-state index contributed by atoms with van der Waals surface area (Å²) in [6.07, 6.45) is -0.0996. The number of carbonyl (C=O) groups is 5. The molecule has 0 aliphatic rings. The Labute approximate surface area is 235 Å². The molecule has 1 heterocycles. The number of carboxylic acid groups (broad SMARTS) is 1. The average molecular weight is 576 g/mol. The number of primary amides is 1. The molecule has 0 fully saturated rings. The molecule has 2 aromatic rings. The molecule has 0 radical (unpaired) electrons. The Bertz CT molecular complexity index is 1270. The predicted molar refractivity (Wildman–Crippen MR) is 149 cm³/mol. The van der Waals surface area contributed by atoms with Gasteiger partial charge in [-0.05, 0) is 31.4 Å². The number of aromatic amines is 1. The Balaban J connectivity index is 2.28. The highest BCUT2D eigenvalue weighted by Crippen LogP contribution is 2.19. The fourth-order valence-corrected chi connectivity index (χ4v) is 4.00. The van der Waals surface area contributed by atoms with Crippen molar-refractivity contribution in [3.63, 3.8) is 0 Å². The third-order valence-corrected chi connectivity index (χ3v) is 6.11. The number of hydrogen-bond acceptors (Lipinski definition) is 8. The molecule has 0 spiro atoms. The molecule has 1 aromatic heterocycles. The standard InChI is InChI=1S/C25H37N9O7/c1-12(35)20(34-21(37)15(26)10-19(27)36)23(39)33-18(9-13-11-31-16-6-3-2-5-14(13)16)22(38)32-17(24(40)41)7-4-8-30-25(28)29/h2-3,5-6,11-12,15,17-18,20,31,35H,4,7-10,26H2,1H3,(H2,27,36)(H,32,38)(H,33,39)(H,34,37)(H,40,41)(H4,28,29,30). The largest absolute Gasteiger partial charge is 0.480 e. The molecule has 0 saturated heterocycles. The zero-order valence-electron chi connectivity index (χ0n) is 22.5. The van der Waals surface area contributed by atoms with E-state index in [-0.39, 0.29) is 31.8 Å². The van der Waals surface area contributed by atoms with Crippen molar-refractivity contribution in [3.05, 3.63) is 36.0 Å². The number of nitrogens with two attached hydrogens (primary N) is 4. The number of aliphatic carboxylic acids is 1. The van der Waals surface area contributed by atoms with Gasteiger partial charge in [-0.3, -0.25) is 24.2 Å². The van der Waals surface area contributed by atoms with E-state index in [1.165, 1.54) is 6.92 Å². The third kappa shape index (κ3) is 10.1. The summed E-state index contributed by atoms with van der Waals surface area (Å²) >= 11 is 0. The summed E-state index contributed by atoms with van der Waals surface area (Å²) in [4.78, 5) is 68.8. The molecule has 41 heavy (non-hydrogen) atoms. The number of aliphatic imine (C=N–C) groups is 1. The number of nitrogens with zero attached hydrogens (tertiary/aromatic N) is 1. The number of carboxylic acids is 1. The second kappa shape index (κ2) is 15.2. The van der Waals surface area contributed by atoms with Crippen LogP contribution in [0.4, 0.5) is 0 Å². The van der Waals surface area contributed by atoms with E-state index in [9.17, 15) is 34.2 Å². The van der Waals surface area contributed by atoms with Gasteiger partial charge in [0.25, 0.3) is 0 Å². The normalized spacial score (nSPS) is 14.6.